The van der Waals surface area contributed by atoms with Gasteiger partial charge in [-0.3, -0.25) is 14.6 Å². The summed E-state index contributed by atoms with van der Waals surface area (Å²) in [6.45, 7) is 1.97. The van der Waals surface area contributed by atoms with Crippen molar-refractivity contribution in [1.82, 2.24) is 20.3 Å². The van der Waals surface area contributed by atoms with E-state index in [1.807, 2.05) is 18.2 Å². The standard InChI is InChI=1S/C24H26N4O6/c1-14-23(31)22(24(32)26-11-20(29)30)28-19(27-14)10-21-33-12-17(13-34-21)15-5-7-16(8-6-15)18-4-2-3-9-25-18/h2-5,7-9,15,17,21,31H,6,10-13H2,1H3,(H,26,32)(H,29,30)/t15?,17-,21-. The normalized spacial score (nSPS) is 22.1. The molecule has 0 spiro atoms. The number of carbonyl (C=O) groups is 2. The van der Waals surface area contributed by atoms with Gasteiger partial charge in [0.2, 0.25) is 0 Å². The number of aryl methyl sites for hydroxylation is 1. The zero-order valence-corrected chi connectivity index (χ0v) is 18.7. The molecule has 34 heavy (non-hydrogen) atoms. The number of aliphatic carboxylic acids is 1. The summed E-state index contributed by atoms with van der Waals surface area (Å²) in [6.07, 6.45) is 8.72. The lowest BCUT2D eigenvalue weighted by molar-refractivity contribution is -0.205. The number of nitrogens with zero attached hydrogens (tertiary/aromatic N) is 3. The van der Waals surface area contributed by atoms with E-state index in [1.165, 1.54) is 6.92 Å². The molecule has 1 aliphatic heterocycles. The third-order valence-corrected chi connectivity index (χ3v) is 5.76. The number of hydrogen-bond donors (Lipinski definition) is 3. The van der Waals surface area contributed by atoms with Gasteiger partial charge in [0.05, 0.1) is 31.0 Å². The molecule has 1 amide bonds. The van der Waals surface area contributed by atoms with Crippen molar-refractivity contribution >= 4 is 17.4 Å². The molecule has 1 atom stereocenters. The number of carbonyl (C=O) groups excluding carboxylic acids is 1. The van der Waals surface area contributed by atoms with Gasteiger partial charge in [0.25, 0.3) is 5.91 Å². The van der Waals surface area contributed by atoms with Gasteiger partial charge in [0.15, 0.2) is 17.7 Å². The predicted molar refractivity (Wildman–Crippen MR) is 121 cm³/mol. The summed E-state index contributed by atoms with van der Waals surface area (Å²) < 4.78 is 11.8. The Balaban J connectivity index is 1.32. The molecule has 10 heteroatoms. The number of ether oxygens (including phenoxy) is 2. The molecule has 4 rings (SSSR count). The van der Waals surface area contributed by atoms with Crippen LogP contribution in [0.15, 0.2) is 42.6 Å². The maximum atomic E-state index is 12.2. The highest BCUT2D eigenvalue weighted by Gasteiger charge is 2.29. The topological polar surface area (TPSA) is 144 Å². The number of pyridine rings is 1. The molecule has 10 nitrogen and oxygen atoms in total. The minimum Gasteiger partial charge on any atom is -0.504 e. The molecule has 0 radical (unpaired) electrons. The van der Waals surface area contributed by atoms with Gasteiger partial charge >= 0.3 is 5.97 Å². The molecule has 0 aromatic carbocycles. The average molecular weight is 466 g/mol. The summed E-state index contributed by atoms with van der Waals surface area (Å²) in [5.41, 5.74) is 1.99. The van der Waals surface area contributed by atoms with Gasteiger partial charge < -0.3 is 25.0 Å². The van der Waals surface area contributed by atoms with Crippen molar-refractivity contribution in [2.75, 3.05) is 19.8 Å². The molecule has 1 saturated heterocycles. The van der Waals surface area contributed by atoms with Crippen LogP contribution in [-0.4, -0.2) is 63.1 Å². The van der Waals surface area contributed by atoms with Crippen molar-refractivity contribution in [3.8, 4) is 5.75 Å². The molecule has 2 aliphatic rings. The highest BCUT2D eigenvalue weighted by Crippen LogP contribution is 2.30. The predicted octanol–water partition coefficient (Wildman–Crippen LogP) is 1.89. The Bertz CT molecular complexity index is 1110. The number of amides is 1. The first-order valence-electron chi connectivity index (χ1n) is 11.0. The molecular formula is C24H26N4O6. The highest BCUT2D eigenvalue weighted by molar-refractivity contribution is 5.96. The van der Waals surface area contributed by atoms with Crippen molar-refractivity contribution in [3.63, 3.8) is 0 Å². The Labute approximate surface area is 196 Å². The second-order valence-corrected chi connectivity index (χ2v) is 8.19. The Morgan fingerprint density at radius 1 is 1.21 bits per heavy atom. The summed E-state index contributed by atoms with van der Waals surface area (Å²) in [7, 11) is 0. The van der Waals surface area contributed by atoms with Crippen molar-refractivity contribution < 1.29 is 29.3 Å². The van der Waals surface area contributed by atoms with Crippen LogP contribution in [0.3, 0.4) is 0 Å². The van der Waals surface area contributed by atoms with Crippen LogP contribution in [0.2, 0.25) is 0 Å². The number of nitrogens with one attached hydrogen (secondary N) is 1. The molecule has 2 aromatic rings. The Hall–Kier alpha value is -3.63. The van der Waals surface area contributed by atoms with Gasteiger partial charge in [-0.15, -0.1) is 0 Å². The molecular weight excluding hydrogens is 440 g/mol. The fraction of sp³-hybridized carbons (Fsp3) is 0.375. The highest BCUT2D eigenvalue weighted by atomic mass is 16.7. The largest absolute Gasteiger partial charge is 0.504 e. The van der Waals surface area contributed by atoms with E-state index in [4.69, 9.17) is 14.6 Å². The maximum Gasteiger partial charge on any atom is 0.322 e. The fourth-order valence-electron chi connectivity index (χ4n) is 3.90. The molecule has 1 aliphatic carbocycles. The lowest BCUT2D eigenvalue weighted by Crippen LogP contribution is -2.37. The first-order chi connectivity index (χ1) is 16.4. The van der Waals surface area contributed by atoms with E-state index >= 15 is 0 Å². The molecule has 1 unspecified atom stereocenters. The fourth-order valence-corrected chi connectivity index (χ4v) is 3.90. The van der Waals surface area contributed by atoms with Gasteiger partial charge in [-0.1, -0.05) is 24.3 Å². The van der Waals surface area contributed by atoms with Crippen LogP contribution in [0.5, 0.6) is 5.75 Å². The van der Waals surface area contributed by atoms with Gasteiger partial charge in [0.1, 0.15) is 12.4 Å². The van der Waals surface area contributed by atoms with Crippen LogP contribution in [-0.2, 0) is 20.7 Å². The van der Waals surface area contributed by atoms with E-state index in [0.717, 1.165) is 17.7 Å². The van der Waals surface area contributed by atoms with Gasteiger partial charge in [0, 0.05) is 12.1 Å². The Morgan fingerprint density at radius 2 is 2.00 bits per heavy atom. The second kappa shape index (κ2) is 10.5. The molecule has 1 fully saturated rings. The maximum absolute atomic E-state index is 12.2. The molecule has 0 bridgehead atoms. The van der Waals surface area contributed by atoms with Crippen molar-refractivity contribution in [1.29, 1.82) is 0 Å². The molecule has 2 aromatic heterocycles. The van der Waals surface area contributed by atoms with Gasteiger partial charge in [-0.25, -0.2) is 9.97 Å². The first kappa shape index (κ1) is 23.5. The van der Waals surface area contributed by atoms with Crippen LogP contribution in [0.25, 0.3) is 5.57 Å². The lowest BCUT2D eigenvalue weighted by Gasteiger charge is -2.33. The van der Waals surface area contributed by atoms with Crippen molar-refractivity contribution in [2.24, 2.45) is 11.8 Å². The van der Waals surface area contributed by atoms with Crippen LogP contribution >= 0.6 is 0 Å². The van der Waals surface area contributed by atoms with E-state index in [2.05, 4.69) is 38.5 Å². The number of aromatic hydroxyl groups is 1. The molecule has 3 heterocycles. The lowest BCUT2D eigenvalue weighted by atomic mass is 9.85. The molecule has 178 valence electrons. The number of hydrogen-bond acceptors (Lipinski definition) is 8. The van der Waals surface area contributed by atoms with E-state index < -0.39 is 24.7 Å². The van der Waals surface area contributed by atoms with Gasteiger partial charge in [-0.05, 0) is 37.0 Å². The number of carboxylic acid groups (broad SMARTS) is 1. The van der Waals surface area contributed by atoms with Crippen LogP contribution in [0, 0.1) is 18.8 Å². The SMILES string of the molecule is Cc1nc(C[C@H]2OC[C@H](C3C=CC(c4ccccn4)=CC3)CO2)nc(C(=O)NCC(=O)O)c1O. The van der Waals surface area contributed by atoms with Crippen molar-refractivity contribution in [3.05, 3.63) is 65.5 Å². The Kier molecular flexibility index (Phi) is 7.29. The first-order valence-corrected chi connectivity index (χ1v) is 11.0. The zero-order chi connectivity index (χ0) is 24.1. The Morgan fingerprint density at radius 3 is 2.65 bits per heavy atom. The minimum atomic E-state index is -1.20. The smallest absolute Gasteiger partial charge is 0.322 e. The van der Waals surface area contributed by atoms with Crippen molar-refractivity contribution in [2.45, 2.75) is 26.1 Å². The van der Waals surface area contributed by atoms with E-state index in [0.29, 0.717) is 19.1 Å². The number of carboxylic acids is 1. The monoisotopic (exact) mass is 466 g/mol. The van der Waals surface area contributed by atoms with Crippen LogP contribution in [0.1, 0.15) is 34.1 Å². The summed E-state index contributed by atoms with van der Waals surface area (Å²) in [4.78, 5) is 35.6. The number of rotatable bonds is 7. The average Bonchev–Trinajstić information content (AvgIpc) is 2.86. The van der Waals surface area contributed by atoms with Gasteiger partial charge in [-0.2, -0.15) is 0 Å². The quantitative estimate of drug-likeness (QED) is 0.557. The summed E-state index contributed by atoms with van der Waals surface area (Å²) in [5, 5.41) is 21.0. The van der Waals surface area contributed by atoms with E-state index in [1.54, 1.807) is 6.20 Å². The number of aromatic nitrogens is 3. The minimum absolute atomic E-state index is 0.192. The third kappa shape index (κ3) is 5.64. The van der Waals surface area contributed by atoms with E-state index in [-0.39, 0.29) is 35.3 Å². The summed E-state index contributed by atoms with van der Waals surface area (Å²) >= 11 is 0. The second-order valence-electron chi connectivity index (χ2n) is 8.19. The van der Waals surface area contributed by atoms with Crippen LogP contribution < -0.4 is 5.32 Å². The summed E-state index contributed by atoms with van der Waals surface area (Å²) in [5.74, 6) is -1.62. The third-order valence-electron chi connectivity index (χ3n) is 5.76. The summed E-state index contributed by atoms with van der Waals surface area (Å²) in [6, 6.07) is 5.85. The molecule has 0 saturated carbocycles. The molecule has 3 N–H and O–H groups in total. The van der Waals surface area contributed by atoms with Crippen LogP contribution in [0.4, 0.5) is 0 Å². The van der Waals surface area contributed by atoms with E-state index in [9.17, 15) is 14.7 Å². The number of allylic oxidation sites excluding steroid dienone is 4. The zero-order valence-electron chi connectivity index (χ0n) is 18.7.